The van der Waals surface area contributed by atoms with Crippen LogP contribution in [-0.4, -0.2) is 11.4 Å². The Balaban J connectivity index is 1.50. The molecule has 4 aliphatic carbocycles. The fraction of sp³-hybridized carbons (Fsp3) is 1.00. The molecule has 4 aliphatic rings. The lowest BCUT2D eigenvalue weighted by Crippen LogP contribution is -2.59. The quantitative estimate of drug-likeness (QED) is 0.303. The molecule has 33 heavy (non-hydrogen) atoms. The van der Waals surface area contributed by atoms with Crippen LogP contribution >= 0.6 is 0 Å². The van der Waals surface area contributed by atoms with Crippen LogP contribution in [0.4, 0.5) is 0 Å². The van der Waals surface area contributed by atoms with Crippen LogP contribution in [0, 0.1) is 63.6 Å². The Morgan fingerprint density at radius 1 is 0.758 bits per heavy atom. The molecular formula is C31H56O2. The minimum Gasteiger partial charge on any atom is -0.252 e. The molecule has 0 saturated heterocycles. The second-order valence-electron chi connectivity index (χ2n) is 14.8. The molecule has 0 aliphatic heterocycles. The topological polar surface area (TPSA) is 29.5 Å². The van der Waals surface area contributed by atoms with Crippen LogP contribution in [0.1, 0.15) is 126 Å². The first-order valence-electron chi connectivity index (χ1n) is 14.8. The van der Waals surface area contributed by atoms with Crippen molar-refractivity contribution in [2.75, 3.05) is 0 Å². The normalized spacial score (nSPS) is 46.4. The molecule has 192 valence electrons. The van der Waals surface area contributed by atoms with Crippen LogP contribution < -0.4 is 0 Å². The molecule has 4 saturated carbocycles. The van der Waals surface area contributed by atoms with Crippen molar-refractivity contribution in [2.45, 2.75) is 132 Å². The van der Waals surface area contributed by atoms with Gasteiger partial charge in [0.15, 0.2) is 0 Å². The van der Waals surface area contributed by atoms with Crippen molar-refractivity contribution in [3.05, 3.63) is 0 Å². The average molecular weight is 461 g/mol. The Bertz CT molecular complexity index is 670. The molecule has 10 atom stereocenters. The summed E-state index contributed by atoms with van der Waals surface area (Å²) in [6, 6.07) is 0. The van der Waals surface area contributed by atoms with Crippen LogP contribution in [0.15, 0.2) is 0 Å². The second-order valence-corrected chi connectivity index (χ2v) is 14.8. The highest BCUT2D eigenvalue weighted by Crippen LogP contribution is 2.71. The molecule has 4 fully saturated rings. The zero-order valence-electron chi connectivity index (χ0n) is 23.3. The summed E-state index contributed by atoms with van der Waals surface area (Å²) in [5.74, 6) is 6.76. The van der Waals surface area contributed by atoms with Crippen LogP contribution in [0.25, 0.3) is 0 Å². The maximum absolute atomic E-state index is 9.45. The SMILES string of the molecule is CC(C)CCCC(C)C1CCC2C3CCC4C(C)(C)C(C(C)OO)CCC4(C)C3CCC12C. The molecule has 4 rings (SSSR count). The van der Waals surface area contributed by atoms with E-state index in [0.717, 1.165) is 41.4 Å². The standard InChI is InChI=1S/C31H56O2/c1-20(2)10-9-11-21(3)24-13-14-26-23-12-15-28-29(5,6)25(22(4)33-32)16-19-31(28,8)27(23)17-18-30(24,26)7/h20-28,32H,9-19H2,1-8H3. The highest BCUT2D eigenvalue weighted by molar-refractivity contribution is 5.12. The largest absolute Gasteiger partial charge is 0.252 e. The van der Waals surface area contributed by atoms with Crippen LogP contribution in [0.5, 0.6) is 0 Å². The van der Waals surface area contributed by atoms with Gasteiger partial charge in [0.1, 0.15) is 0 Å². The van der Waals surface area contributed by atoms with Crippen molar-refractivity contribution in [2.24, 2.45) is 63.6 Å². The molecule has 0 heterocycles. The molecule has 10 unspecified atom stereocenters. The molecule has 0 aromatic carbocycles. The van der Waals surface area contributed by atoms with E-state index in [0.29, 0.717) is 16.7 Å². The van der Waals surface area contributed by atoms with Gasteiger partial charge >= 0.3 is 0 Å². The van der Waals surface area contributed by atoms with Gasteiger partial charge in [0.25, 0.3) is 0 Å². The summed E-state index contributed by atoms with van der Waals surface area (Å²) in [4.78, 5) is 4.89. The lowest BCUT2D eigenvalue weighted by molar-refractivity contribution is -0.303. The highest BCUT2D eigenvalue weighted by atomic mass is 17.1. The van der Waals surface area contributed by atoms with Crippen LogP contribution in [0.2, 0.25) is 0 Å². The first-order chi connectivity index (χ1) is 15.5. The zero-order valence-corrected chi connectivity index (χ0v) is 23.3. The van der Waals surface area contributed by atoms with Gasteiger partial charge in [-0.3, -0.25) is 5.26 Å². The third-order valence-electron chi connectivity index (χ3n) is 12.7. The van der Waals surface area contributed by atoms with E-state index in [4.69, 9.17) is 4.89 Å². The molecular weight excluding hydrogens is 404 g/mol. The lowest BCUT2D eigenvalue weighted by Gasteiger charge is -2.65. The van der Waals surface area contributed by atoms with Crippen molar-refractivity contribution < 1.29 is 10.1 Å². The van der Waals surface area contributed by atoms with Crippen molar-refractivity contribution >= 4 is 0 Å². The minimum absolute atomic E-state index is 0.0512. The third-order valence-corrected chi connectivity index (χ3v) is 12.7. The van der Waals surface area contributed by atoms with E-state index in [2.05, 4.69) is 55.4 Å². The molecule has 0 aromatic rings. The van der Waals surface area contributed by atoms with E-state index in [1.54, 1.807) is 0 Å². The monoisotopic (exact) mass is 460 g/mol. The van der Waals surface area contributed by atoms with Crippen molar-refractivity contribution in [1.82, 2.24) is 0 Å². The summed E-state index contributed by atoms with van der Waals surface area (Å²) in [7, 11) is 0. The number of hydrogen-bond donors (Lipinski definition) is 1. The predicted molar refractivity (Wildman–Crippen MR) is 139 cm³/mol. The Morgan fingerprint density at radius 2 is 1.42 bits per heavy atom. The van der Waals surface area contributed by atoms with Crippen molar-refractivity contribution in [1.29, 1.82) is 0 Å². The molecule has 0 amide bonds. The van der Waals surface area contributed by atoms with E-state index in [1.807, 2.05) is 0 Å². The van der Waals surface area contributed by atoms with Gasteiger partial charge in [0, 0.05) is 0 Å². The van der Waals surface area contributed by atoms with E-state index in [-0.39, 0.29) is 11.5 Å². The number of fused-ring (bicyclic) bond motifs is 5. The molecule has 1 N–H and O–H groups in total. The zero-order chi connectivity index (χ0) is 24.2. The van der Waals surface area contributed by atoms with Gasteiger partial charge in [-0.2, -0.15) is 0 Å². The molecule has 0 aromatic heterocycles. The third kappa shape index (κ3) is 4.26. The van der Waals surface area contributed by atoms with E-state index >= 15 is 0 Å². The summed E-state index contributed by atoms with van der Waals surface area (Å²) >= 11 is 0. The van der Waals surface area contributed by atoms with Gasteiger partial charge in [0.2, 0.25) is 0 Å². The highest BCUT2D eigenvalue weighted by Gasteiger charge is 2.63. The average Bonchev–Trinajstić information content (AvgIpc) is 3.10. The predicted octanol–water partition coefficient (Wildman–Crippen LogP) is 9.24. The molecule has 2 heteroatoms. The minimum atomic E-state index is -0.0512. The first kappa shape index (κ1) is 26.0. The fourth-order valence-corrected chi connectivity index (χ4v) is 11.1. The summed E-state index contributed by atoms with van der Waals surface area (Å²) in [6.07, 6.45) is 15.5. The van der Waals surface area contributed by atoms with Crippen LogP contribution in [-0.2, 0) is 4.89 Å². The van der Waals surface area contributed by atoms with Gasteiger partial charge in [-0.1, -0.05) is 67.7 Å². The van der Waals surface area contributed by atoms with Gasteiger partial charge in [-0.25, -0.2) is 4.89 Å². The van der Waals surface area contributed by atoms with Crippen molar-refractivity contribution in [3.63, 3.8) is 0 Å². The Hall–Kier alpha value is -0.0800. The van der Waals surface area contributed by atoms with E-state index in [9.17, 15) is 5.26 Å². The smallest absolute Gasteiger partial charge is 0.0932 e. The first-order valence-corrected chi connectivity index (χ1v) is 14.8. The Labute approximate surface area is 206 Å². The van der Waals surface area contributed by atoms with Gasteiger partial charge < -0.3 is 0 Å². The summed E-state index contributed by atoms with van der Waals surface area (Å²) in [5, 5.41) is 9.45. The molecule has 0 bridgehead atoms. The second kappa shape index (κ2) is 9.42. The molecule has 0 radical (unpaired) electrons. The number of rotatable bonds is 7. The number of hydrogen-bond acceptors (Lipinski definition) is 2. The lowest BCUT2D eigenvalue weighted by atomic mass is 9.39. The summed E-state index contributed by atoms with van der Waals surface area (Å²) in [6.45, 7) is 19.8. The summed E-state index contributed by atoms with van der Waals surface area (Å²) < 4.78 is 0. The van der Waals surface area contributed by atoms with Gasteiger partial charge in [0.05, 0.1) is 6.10 Å². The fourth-order valence-electron chi connectivity index (χ4n) is 11.1. The summed E-state index contributed by atoms with van der Waals surface area (Å²) in [5.41, 5.74) is 1.30. The Kier molecular flexibility index (Phi) is 7.42. The molecule has 2 nitrogen and oxygen atoms in total. The van der Waals surface area contributed by atoms with Gasteiger partial charge in [-0.05, 0) is 122 Å². The molecule has 0 spiro atoms. The Morgan fingerprint density at radius 3 is 2.09 bits per heavy atom. The van der Waals surface area contributed by atoms with E-state index in [1.165, 1.54) is 70.6 Å². The van der Waals surface area contributed by atoms with Crippen molar-refractivity contribution in [3.8, 4) is 0 Å². The maximum atomic E-state index is 9.45. The van der Waals surface area contributed by atoms with Crippen LogP contribution in [0.3, 0.4) is 0 Å². The van der Waals surface area contributed by atoms with Gasteiger partial charge in [-0.15, -0.1) is 0 Å². The van der Waals surface area contributed by atoms with E-state index < -0.39 is 0 Å². The maximum Gasteiger partial charge on any atom is 0.0932 e.